The monoisotopic (exact) mass is 296 g/mol. The second-order valence-electron chi connectivity index (χ2n) is 5.38. The molecule has 0 bridgehead atoms. The zero-order valence-corrected chi connectivity index (χ0v) is 12.1. The SMILES string of the molecule is CO[C@H]1CO[C@@]2(CCN(C(=O)c3cccc(Cl)n3)C2)C1. The minimum Gasteiger partial charge on any atom is -0.379 e. The lowest BCUT2D eigenvalue weighted by molar-refractivity contribution is 0.00697. The highest BCUT2D eigenvalue weighted by atomic mass is 35.5. The maximum absolute atomic E-state index is 12.4. The molecule has 0 radical (unpaired) electrons. The second kappa shape index (κ2) is 5.31. The van der Waals surface area contributed by atoms with E-state index in [1.54, 1.807) is 30.2 Å². The highest BCUT2D eigenvalue weighted by Crippen LogP contribution is 2.36. The Labute approximate surface area is 122 Å². The molecule has 3 heterocycles. The van der Waals surface area contributed by atoms with Gasteiger partial charge in [-0.05, 0) is 18.6 Å². The van der Waals surface area contributed by atoms with Crippen molar-refractivity contribution in [2.45, 2.75) is 24.5 Å². The summed E-state index contributed by atoms with van der Waals surface area (Å²) in [5.74, 6) is -0.0890. The first-order valence-electron chi connectivity index (χ1n) is 6.70. The molecule has 1 amide bonds. The maximum Gasteiger partial charge on any atom is 0.272 e. The predicted molar refractivity (Wildman–Crippen MR) is 73.9 cm³/mol. The number of ether oxygens (including phenoxy) is 2. The number of hydrogen-bond donors (Lipinski definition) is 0. The summed E-state index contributed by atoms with van der Waals surface area (Å²) in [6, 6.07) is 5.08. The van der Waals surface area contributed by atoms with E-state index in [9.17, 15) is 4.79 Å². The Morgan fingerprint density at radius 2 is 2.45 bits per heavy atom. The molecular formula is C14H17ClN2O3. The Morgan fingerprint density at radius 1 is 1.60 bits per heavy atom. The average Bonchev–Trinajstić information content (AvgIpc) is 3.06. The molecule has 2 aliphatic heterocycles. The molecule has 1 aromatic heterocycles. The summed E-state index contributed by atoms with van der Waals surface area (Å²) in [5, 5.41) is 0.335. The summed E-state index contributed by atoms with van der Waals surface area (Å²) >= 11 is 5.83. The van der Waals surface area contributed by atoms with Gasteiger partial charge < -0.3 is 14.4 Å². The van der Waals surface area contributed by atoms with Crippen LogP contribution in [0.15, 0.2) is 18.2 Å². The molecule has 0 unspecified atom stereocenters. The van der Waals surface area contributed by atoms with E-state index in [-0.39, 0.29) is 17.6 Å². The van der Waals surface area contributed by atoms with Gasteiger partial charge in [0.15, 0.2) is 0 Å². The van der Waals surface area contributed by atoms with E-state index in [1.807, 2.05) is 0 Å². The summed E-state index contributed by atoms with van der Waals surface area (Å²) < 4.78 is 11.2. The smallest absolute Gasteiger partial charge is 0.272 e. The van der Waals surface area contributed by atoms with Crippen LogP contribution in [0.3, 0.4) is 0 Å². The van der Waals surface area contributed by atoms with Crippen LogP contribution in [0.1, 0.15) is 23.3 Å². The molecule has 0 aliphatic carbocycles. The Bertz CT molecular complexity index is 525. The lowest BCUT2D eigenvalue weighted by Crippen LogP contribution is -2.36. The number of pyridine rings is 1. The Morgan fingerprint density at radius 3 is 3.15 bits per heavy atom. The minimum absolute atomic E-state index is 0.0890. The van der Waals surface area contributed by atoms with Crippen LogP contribution in [0.5, 0.6) is 0 Å². The first kappa shape index (κ1) is 13.8. The van der Waals surface area contributed by atoms with E-state index in [1.165, 1.54) is 0 Å². The molecule has 0 saturated carbocycles. The number of rotatable bonds is 2. The Kier molecular flexibility index (Phi) is 3.67. The molecule has 1 spiro atoms. The fraction of sp³-hybridized carbons (Fsp3) is 0.571. The van der Waals surface area contributed by atoms with Crippen molar-refractivity contribution < 1.29 is 14.3 Å². The van der Waals surface area contributed by atoms with E-state index in [0.717, 1.165) is 12.8 Å². The molecule has 2 saturated heterocycles. The van der Waals surface area contributed by atoms with E-state index in [4.69, 9.17) is 21.1 Å². The lowest BCUT2D eigenvalue weighted by Gasteiger charge is -2.23. The molecule has 0 aromatic carbocycles. The van der Waals surface area contributed by atoms with Gasteiger partial charge in [0.2, 0.25) is 0 Å². The van der Waals surface area contributed by atoms with E-state index >= 15 is 0 Å². The minimum atomic E-state index is -0.241. The van der Waals surface area contributed by atoms with Gasteiger partial charge in [0, 0.05) is 20.1 Å². The number of methoxy groups -OCH3 is 1. The standard InChI is InChI=1S/C14H17ClN2O3/c1-19-10-7-14(20-8-10)5-6-17(9-14)13(18)11-3-2-4-12(15)16-11/h2-4,10H,5-9H2,1H3/t10-,14+/m1/s1. The van der Waals surface area contributed by atoms with Crippen LogP contribution in [-0.4, -0.2) is 54.3 Å². The highest BCUT2D eigenvalue weighted by molar-refractivity contribution is 6.29. The van der Waals surface area contributed by atoms with Crippen molar-refractivity contribution in [2.24, 2.45) is 0 Å². The number of aromatic nitrogens is 1. The molecule has 6 heteroatoms. The maximum atomic E-state index is 12.4. The third kappa shape index (κ3) is 2.53. The number of carbonyl (C=O) groups excluding carboxylic acids is 1. The first-order valence-corrected chi connectivity index (χ1v) is 7.08. The van der Waals surface area contributed by atoms with Crippen LogP contribution >= 0.6 is 11.6 Å². The van der Waals surface area contributed by atoms with Crippen LogP contribution in [0.2, 0.25) is 5.15 Å². The number of amides is 1. The van der Waals surface area contributed by atoms with Crippen molar-refractivity contribution in [1.29, 1.82) is 0 Å². The number of nitrogens with zero attached hydrogens (tertiary/aromatic N) is 2. The van der Waals surface area contributed by atoms with Crippen molar-refractivity contribution >= 4 is 17.5 Å². The van der Waals surface area contributed by atoms with Crippen molar-refractivity contribution in [2.75, 3.05) is 26.8 Å². The van der Waals surface area contributed by atoms with Gasteiger partial charge in [0.1, 0.15) is 10.8 Å². The van der Waals surface area contributed by atoms with E-state index < -0.39 is 0 Å². The third-order valence-electron chi connectivity index (χ3n) is 4.05. The van der Waals surface area contributed by atoms with Crippen LogP contribution in [0, 0.1) is 0 Å². The topological polar surface area (TPSA) is 51.7 Å². The summed E-state index contributed by atoms with van der Waals surface area (Å²) in [5.41, 5.74) is 0.144. The summed E-state index contributed by atoms with van der Waals surface area (Å²) in [6.45, 7) is 1.89. The Balaban J connectivity index is 1.70. The molecule has 0 N–H and O–H groups in total. The number of hydrogen-bond acceptors (Lipinski definition) is 4. The zero-order valence-electron chi connectivity index (χ0n) is 11.3. The first-order chi connectivity index (χ1) is 9.62. The molecule has 5 nitrogen and oxygen atoms in total. The normalized spacial score (nSPS) is 29.3. The number of halogens is 1. The van der Waals surface area contributed by atoms with Crippen molar-refractivity contribution in [1.82, 2.24) is 9.88 Å². The van der Waals surface area contributed by atoms with Gasteiger partial charge in [-0.15, -0.1) is 0 Å². The van der Waals surface area contributed by atoms with Crippen LogP contribution in [-0.2, 0) is 9.47 Å². The third-order valence-corrected chi connectivity index (χ3v) is 4.26. The number of carbonyl (C=O) groups is 1. The Hall–Kier alpha value is -1.17. The van der Waals surface area contributed by atoms with Crippen molar-refractivity contribution in [3.05, 3.63) is 29.0 Å². The van der Waals surface area contributed by atoms with Gasteiger partial charge >= 0.3 is 0 Å². The fourth-order valence-electron chi connectivity index (χ4n) is 2.95. The molecule has 2 atom stereocenters. The van der Waals surface area contributed by atoms with Crippen LogP contribution in [0.4, 0.5) is 0 Å². The highest BCUT2D eigenvalue weighted by Gasteiger charge is 2.47. The summed E-state index contributed by atoms with van der Waals surface area (Å²) in [6.07, 6.45) is 1.82. The molecule has 108 valence electrons. The van der Waals surface area contributed by atoms with Gasteiger partial charge in [0.05, 0.1) is 24.9 Å². The second-order valence-corrected chi connectivity index (χ2v) is 5.77. The number of likely N-dealkylation sites (tertiary alicyclic amines) is 1. The largest absolute Gasteiger partial charge is 0.379 e. The van der Waals surface area contributed by atoms with Gasteiger partial charge in [-0.25, -0.2) is 4.98 Å². The molecule has 1 aromatic rings. The van der Waals surface area contributed by atoms with E-state index in [2.05, 4.69) is 4.98 Å². The van der Waals surface area contributed by atoms with Crippen molar-refractivity contribution in [3.8, 4) is 0 Å². The molecule has 2 aliphatic rings. The van der Waals surface area contributed by atoms with Gasteiger partial charge in [-0.2, -0.15) is 0 Å². The van der Waals surface area contributed by atoms with Gasteiger partial charge in [0.25, 0.3) is 5.91 Å². The molecular weight excluding hydrogens is 280 g/mol. The van der Waals surface area contributed by atoms with E-state index in [0.29, 0.717) is 30.5 Å². The van der Waals surface area contributed by atoms with Gasteiger partial charge in [-0.1, -0.05) is 17.7 Å². The molecule has 3 rings (SSSR count). The molecule has 2 fully saturated rings. The van der Waals surface area contributed by atoms with Gasteiger partial charge in [-0.3, -0.25) is 4.79 Å². The van der Waals surface area contributed by atoms with Crippen molar-refractivity contribution in [3.63, 3.8) is 0 Å². The average molecular weight is 297 g/mol. The fourth-order valence-corrected chi connectivity index (χ4v) is 3.11. The summed E-state index contributed by atoms with van der Waals surface area (Å²) in [7, 11) is 1.70. The molecule has 20 heavy (non-hydrogen) atoms. The van der Waals surface area contributed by atoms with Crippen LogP contribution < -0.4 is 0 Å². The lowest BCUT2D eigenvalue weighted by atomic mass is 9.98. The predicted octanol–water partition coefficient (Wildman–Crippen LogP) is 1.75. The quantitative estimate of drug-likeness (QED) is 0.780. The van der Waals surface area contributed by atoms with Crippen LogP contribution in [0.25, 0.3) is 0 Å². The zero-order chi connectivity index (χ0) is 14.2. The summed E-state index contributed by atoms with van der Waals surface area (Å²) in [4.78, 5) is 18.3.